The zero-order valence-corrected chi connectivity index (χ0v) is 14.9. The van der Waals surface area contributed by atoms with Gasteiger partial charge in [0.25, 0.3) is 0 Å². The number of carbonyl (C=O) groups is 1. The van der Waals surface area contributed by atoms with E-state index in [0.29, 0.717) is 23.2 Å². The molecule has 7 heteroatoms. The lowest BCUT2D eigenvalue weighted by Crippen LogP contribution is -2.26. The maximum absolute atomic E-state index is 11.4. The normalized spacial score (nSPS) is 31.4. The Hall–Kier alpha value is -2.15. The molecule has 7 nitrogen and oxygen atoms in total. The molecule has 2 aliphatic carbocycles. The van der Waals surface area contributed by atoms with Gasteiger partial charge in [-0.25, -0.2) is 0 Å². The molecule has 2 saturated carbocycles. The quantitative estimate of drug-likeness (QED) is 0.826. The van der Waals surface area contributed by atoms with Crippen molar-refractivity contribution < 1.29 is 9.90 Å². The fourth-order valence-corrected chi connectivity index (χ4v) is 5.14. The van der Waals surface area contributed by atoms with E-state index in [2.05, 4.69) is 10.2 Å². The summed E-state index contributed by atoms with van der Waals surface area (Å²) in [7, 11) is 3.66. The molecule has 2 aliphatic rings. The summed E-state index contributed by atoms with van der Waals surface area (Å²) in [5.41, 5.74) is 8.35. The molecule has 0 aliphatic heterocycles. The van der Waals surface area contributed by atoms with Gasteiger partial charge in [0, 0.05) is 20.0 Å². The van der Waals surface area contributed by atoms with Crippen LogP contribution in [0.4, 0.5) is 5.82 Å². The Kier molecular flexibility index (Phi) is 3.54. The SMILES string of the molecule is Cc1cc(C2(O)CC3CC(c4nn(C)c(N)c4C=O)CC3C2)n(C)n1. The Morgan fingerprint density at radius 2 is 1.88 bits per heavy atom. The molecule has 3 N–H and O–H groups in total. The second kappa shape index (κ2) is 5.42. The molecule has 0 amide bonds. The van der Waals surface area contributed by atoms with Gasteiger partial charge in [0.2, 0.25) is 0 Å². The van der Waals surface area contributed by atoms with E-state index < -0.39 is 5.60 Å². The number of nitrogens with two attached hydrogens (primary N) is 1. The Morgan fingerprint density at radius 3 is 2.40 bits per heavy atom. The van der Waals surface area contributed by atoms with E-state index in [1.54, 1.807) is 16.4 Å². The summed E-state index contributed by atoms with van der Waals surface area (Å²) in [5, 5.41) is 20.1. The fourth-order valence-electron chi connectivity index (χ4n) is 5.14. The summed E-state index contributed by atoms with van der Waals surface area (Å²) >= 11 is 0. The van der Waals surface area contributed by atoms with Gasteiger partial charge in [0.15, 0.2) is 6.29 Å². The molecule has 2 fully saturated rings. The van der Waals surface area contributed by atoms with Crippen LogP contribution in [0.2, 0.25) is 0 Å². The lowest BCUT2D eigenvalue weighted by molar-refractivity contribution is 0.0263. The number of aryl methyl sites for hydroxylation is 3. The van der Waals surface area contributed by atoms with Gasteiger partial charge >= 0.3 is 0 Å². The Bertz CT molecular complexity index is 823. The van der Waals surface area contributed by atoms with Crippen LogP contribution in [0.3, 0.4) is 0 Å². The number of nitrogen functional groups attached to an aromatic ring is 1. The maximum atomic E-state index is 11.4. The van der Waals surface area contributed by atoms with Gasteiger partial charge in [-0.3, -0.25) is 14.2 Å². The minimum atomic E-state index is -0.799. The Morgan fingerprint density at radius 1 is 1.24 bits per heavy atom. The van der Waals surface area contributed by atoms with E-state index in [4.69, 9.17) is 5.73 Å². The first-order valence-electron chi connectivity index (χ1n) is 8.83. The van der Waals surface area contributed by atoms with Gasteiger partial charge in [-0.15, -0.1) is 0 Å². The third-order valence-corrected chi connectivity index (χ3v) is 6.18. The summed E-state index contributed by atoms with van der Waals surface area (Å²) in [6.07, 6.45) is 4.19. The van der Waals surface area contributed by atoms with Crippen LogP contribution >= 0.6 is 0 Å². The van der Waals surface area contributed by atoms with Gasteiger partial charge in [-0.2, -0.15) is 10.2 Å². The zero-order chi connectivity index (χ0) is 17.9. The molecule has 4 rings (SSSR count). The summed E-state index contributed by atoms with van der Waals surface area (Å²) in [5.74, 6) is 1.56. The molecular formula is C18H25N5O2. The number of fused-ring (bicyclic) bond motifs is 1. The van der Waals surface area contributed by atoms with Crippen LogP contribution in [0.1, 0.15) is 59.0 Å². The first kappa shape index (κ1) is 16.3. The number of aromatic nitrogens is 4. The molecule has 2 unspecified atom stereocenters. The standard InChI is InChI=1S/C18H25N5O2/c1-10-4-15(22(2)20-10)18(25)7-12-5-11(6-13(12)8-18)16-14(9-24)17(19)23(3)21-16/h4,9,11-13,25H,5-8,19H2,1-3H3. The number of anilines is 1. The first-order valence-corrected chi connectivity index (χ1v) is 8.83. The number of aldehydes is 1. The van der Waals surface area contributed by atoms with Crippen LogP contribution in [0, 0.1) is 18.8 Å². The fraction of sp³-hybridized carbons (Fsp3) is 0.611. The minimum absolute atomic E-state index is 0.247. The van der Waals surface area contributed by atoms with E-state index in [0.717, 1.165) is 49.1 Å². The number of carbonyl (C=O) groups excluding carboxylic acids is 1. The number of aliphatic hydroxyl groups is 1. The van der Waals surface area contributed by atoms with Crippen molar-refractivity contribution >= 4 is 12.1 Å². The van der Waals surface area contributed by atoms with Crippen LogP contribution in [0.5, 0.6) is 0 Å². The molecular weight excluding hydrogens is 318 g/mol. The van der Waals surface area contributed by atoms with E-state index in [9.17, 15) is 9.90 Å². The maximum Gasteiger partial charge on any atom is 0.155 e. The van der Waals surface area contributed by atoms with Gasteiger partial charge < -0.3 is 10.8 Å². The topological polar surface area (TPSA) is 99.0 Å². The van der Waals surface area contributed by atoms with Crippen LogP contribution in [-0.2, 0) is 19.7 Å². The summed E-state index contributed by atoms with van der Waals surface area (Å²) in [6.45, 7) is 1.95. The summed E-state index contributed by atoms with van der Waals surface area (Å²) < 4.78 is 3.39. The van der Waals surface area contributed by atoms with Crippen molar-refractivity contribution in [3.8, 4) is 0 Å². The Balaban J connectivity index is 1.56. The number of nitrogens with zero attached hydrogens (tertiary/aromatic N) is 4. The predicted molar refractivity (Wildman–Crippen MR) is 93.0 cm³/mol. The lowest BCUT2D eigenvalue weighted by Gasteiger charge is -2.24. The molecule has 2 aromatic heterocycles. The first-order chi connectivity index (χ1) is 11.8. The molecule has 25 heavy (non-hydrogen) atoms. The highest BCUT2D eigenvalue weighted by atomic mass is 16.3. The highest BCUT2D eigenvalue weighted by molar-refractivity contribution is 5.83. The van der Waals surface area contributed by atoms with Crippen LogP contribution < -0.4 is 5.73 Å². The zero-order valence-electron chi connectivity index (χ0n) is 14.9. The molecule has 2 aromatic rings. The average molecular weight is 343 g/mol. The van der Waals surface area contributed by atoms with Crippen molar-refractivity contribution in [2.45, 2.75) is 44.1 Å². The smallest absolute Gasteiger partial charge is 0.155 e. The predicted octanol–water partition coefficient (Wildman–Crippen LogP) is 1.65. The van der Waals surface area contributed by atoms with E-state index in [1.165, 1.54) is 0 Å². The Labute approximate surface area is 146 Å². The monoisotopic (exact) mass is 343 g/mol. The highest BCUT2D eigenvalue weighted by Gasteiger charge is 2.51. The van der Waals surface area contributed by atoms with E-state index in [1.807, 2.05) is 20.0 Å². The highest BCUT2D eigenvalue weighted by Crippen LogP contribution is 2.56. The molecule has 0 radical (unpaired) electrons. The molecule has 0 spiro atoms. The average Bonchev–Trinajstić information content (AvgIpc) is 3.23. The molecule has 0 saturated heterocycles. The second-order valence-corrected chi connectivity index (χ2v) is 7.85. The van der Waals surface area contributed by atoms with Crippen LogP contribution in [-0.4, -0.2) is 31.0 Å². The van der Waals surface area contributed by atoms with Crippen molar-refractivity contribution in [2.24, 2.45) is 25.9 Å². The third-order valence-electron chi connectivity index (χ3n) is 6.18. The second-order valence-electron chi connectivity index (χ2n) is 7.85. The number of hydrogen-bond donors (Lipinski definition) is 2. The van der Waals surface area contributed by atoms with Crippen molar-refractivity contribution in [1.29, 1.82) is 0 Å². The van der Waals surface area contributed by atoms with Crippen LogP contribution in [0.15, 0.2) is 6.07 Å². The third kappa shape index (κ3) is 2.40. The van der Waals surface area contributed by atoms with Crippen molar-refractivity contribution in [3.05, 3.63) is 28.7 Å². The van der Waals surface area contributed by atoms with E-state index >= 15 is 0 Å². The number of hydrogen-bond acceptors (Lipinski definition) is 5. The van der Waals surface area contributed by atoms with Crippen molar-refractivity contribution in [3.63, 3.8) is 0 Å². The van der Waals surface area contributed by atoms with Crippen molar-refractivity contribution in [2.75, 3.05) is 5.73 Å². The molecule has 2 heterocycles. The van der Waals surface area contributed by atoms with Gasteiger partial charge in [-0.1, -0.05) is 0 Å². The molecule has 0 bridgehead atoms. The van der Waals surface area contributed by atoms with Gasteiger partial charge in [0.05, 0.1) is 22.6 Å². The van der Waals surface area contributed by atoms with Crippen LogP contribution in [0.25, 0.3) is 0 Å². The largest absolute Gasteiger partial charge is 0.384 e. The molecule has 2 atom stereocenters. The number of rotatable bonds is 3. The van der Waals surface area contributed by atoms with Gasteiger partial charge in [0.1, 0.15) is 11.4 Å². The molecule has 0 aromatic carbocycles. The van der Waals surface area contributed by atoms with E-state index in [-0.39, 0.29) is 5.92 Å². The summed E-state index contributed by atoms with van der Waals surface area (Å²) in [4.78, 5) is 11.4. The minimum Gasteiger partial charge on any atom is -0.384 e. The van der Waals surface area contributed by atoms with Crippen molar-refractivity contribution in [1.82, 2.24) is 19.6 Å². The summed E-state index contributed by atoms with van der Waals surface area (Å²) in [6, 6.07) is 1.99. The molecule has 134 valence electrons. The van der Waals surface area contributed by atoms with Gasteiger partial charge in [-0.05, 0) is 50.5 Å². The lowest BCUT2D eigenvalue weighted by atomic mass is 9.89.